The number of nitrogens with one attached hydrogen (secondary N) is 2. The van der Waals surface area contributed by atoms with Gasteiger partial charge in [-0.2, -0.15) is 0 Å². The monoisotopic (exact) mass is 361 g/mol. The Morgan fingerprint density at radius 3 is 2.68 bits per heavy atom. The van der Waals surface area contributed by atoms with Gasteiger partial charge in [0.25, 0.3) is 0 Å². The molecule has 0 spiro atoms. The first kappa shape index (κ1) is 19.3. The number of aliphatic imine (C=N–C) groups is 1. The van der Waals surface area contributed by atoms with E-state index >= 15 is 0 Å². The SMILES string of the molecule is CCNC(=NCc1ccc(F)c(CO)c1)NCCSc1ccccc1. The smallest absolute Gasteiger partial charge is 0.191 e. The Balaban J connectivity index is 1.85. The molecule has 0 aliphatic rings. The maximum atomic E-state index is 13.4. The third-order valence-corrected chi connectivity index (χ3v) is 4.46. The Labute approximate surface area is 152 Å². The molecule has 2 rings (SSSR count). The standard InChI is InChI=1S/C19H24FN3OS/c1-2-21-19(22-10-11-25-17-6-4-3-5-7-17)23-13-15-8-9-18(20)16(12-15)14-24/h3-9,12,24H,2,10-11,13-14H2,1H3,(H2,21,22,23). The molecule has 6 heteroatoms. The van der Waals surface area contributed by atoms with Crippen molar-refractivity contribution in [3.05, 3.63) is 65.5 Å². The van der Waals surface area contributed by atoms with Gasteiger partial charge in [-0.25, -0.2) is 9.38 Å². The Hall–Kier alpha value is -2.05. The Bertz CT molecular complexity index is 680. The predicted molar refractivity (Wildman–Crippen MR) is 102 cm³/mol. The summed E-state index contributed by atoms with van der Waals surface area (Å²) in [4.78, 5) is 5.76. The van der Waals surface area contributed by atoms with Crippen LogP contribution in [-0.2, 0) is 13.2 Å². The zero-order valence-corrected chi connectivity index (χ0v) is 15.2. The first-order valence-corrected chi connectivity index (χ1v) is 9.29. The van der Waals surface area contributed by atoms with E-state index < -0.39 is 5.82 Å². The molecule has 2 aromatic rings. The van der Waals surface area contributed by atoms with Crippen molar-refractivity contribution in [2.24, 2.45) is 4.99 Å². The van der Waals surface area contributed by atoms with Gasteiger partial charge in [-0.3, -0.25) is 0 Å². The predicted octanol–water partition coefficient (Wildman–Crippen LogP) is 3.17. The van der Waals surface area contributed by atoms with E-state index in [2.05, 4.69) is 27.8 Å². The summed E-state index contributed by atoms with van der Waals surface area (Å²) in [7, 11) is 0. The molecule has 3 N–H and O–H groups in total. The van der Waals surface area contributed by atoms with Gasteiger partial charge in [0.15, 0.2) is 5.96 Å². The first-order valence-electron chi connectivity index (χ1n) is 8.31. The highest BCUT2D eigenvalue weighted by Gasteiger charge is 2.03. The van der Waals surface area contributed by atoms with Gasteiger partial charge in [0.1, 0.15) is 5.82 Å². The average molecular weight is 361 g/mol. The van der Waals surface area contributed by atoms with E-state index in [0.717, 1.165) is 30.4 Å². The van der Waals surface area contributed by atoms with E-state index in [1.807, 2.05) is 25.1 Å². The fourth-order valence-electron chi connectivity index (χ4n) is 2.21. The number of nitrogens with zero attached hydrogens (tertiary/aromatic N) is 1. The van der Waals surface area contributed by atoms with Crippen LogP contribution in [0.1, 0.15) is 18.1 Å². The van der Waals surface area contributed by atoms with Crippen LogP contribution < -0.4 is 10.6 Å². The number of rotatable bonds is 8. The molecular formula is C19H24FN3OS. The number of hydrogen-bond donors (Lipinski definition) is 3. The zero-order valence-electron chi connectivity index (χ0n) is 14.3. The van der Waals surface area contributed by atoms with Crippen molar-refractivity contribution in [1.82, 2.24) is 10.6 Å². The molecule has 0 saturated carbocycles. The van der Waals surface area contributed by atoms with Crippen LogP contribution in [-0.4, -0.2) is 29.9 Å². The quantitative estimate of drug-likeness (QED) is 0.293. The molecule has 0 atom stereocenters. The molecule has 0 bridgehead atoms. The van der Waals surface area contributed by atoms with E-state index in [-0.39, 0.29) is 6.61 Å². The van der Waals surface area contributed by atoms with Crippen LogP contribution in [0.5, 0.6) is 0 Å². The van der Waals surface area contributed by atoms with Crippen LogP contribution in [0, 0.1) is 5.82 Å². The lowest BCUT2D eigenvalue weighted by atomic mass is 10.1. The second-order valence-corrected chi connectivity index (χ2v) is 6.54. The van der Waals surface area contributed by atoms with Gasteiger partial charge in [0.2, 0.25) is 0 Å². The fourth-order valence-corrected chi connectivity index (χ4v) is 3.00. The van der Waals surface area contributed by atoms with Crippen molar-refractivity contribution in [3.63, 3.8) is 0 Å². The molecule has 0 saturated heterocycles. The van der Waals surface area contributed by atoms with Crippen molar-refractivity contribution >= 4 is 17.7 Å². The van der Waals surface area contributed by atoms with Crippen LogP contribution in [0.4, 0.5) is 4.39 Å². The summed E-state index contributed by atoms with van der Waals surface area (Å²) in [5.74, 6) is 1.27. The van der Waals surface area contributed by atoms with Crippen molar-refractivity contribution in [2.45, 2.75) is 25.0 Å². The van der Waals surface area contributed by atoms with Crippen molar-refractivity contribution in [1.29, 1.82) is 0 Å². The minimum absolute atomic E-state index is 0.296. The van der Waals surface area contributed by atoms with E-state index in [9.17, 15) is 4.39 Å². The van der Waals surface area contributed by atoms with Crippen LogP contribution in [0.15, 0.2) is 58.4 Å². The molecule has 0 fully saturated rings. The van der Waals surface area contributed by atoms with Gasteiger partial charge in [-0.15, -0.1) is 11.8 Å². The van der Waals surface area contributed by atoms with Crippen LogP contribution >= 0.6 is 11.8 Å². The molecule has 0 unspecified atom stereocenters. The second-order valence-electron chi connectivity index (χ2n) is 5.37. The van der Waals surface area contributed by atoms with Crippen molar-refractivity contribution < 1.29 is 9.50 Å². The summed E-state index contributed by atoms with van der Waals surface area (Å²) in [6.07, 6.45) is 0. The Morgan fingerprint density at radius 2 is 1.96 bits per heavy atom. The van der Waals surface area contributed by atoms with Crippen molar-refractivity contribution in [2.75, 3.05) is 18.8 Å². The topological polar surface area (TPSA) is 56.7 Å². The minimum Gasteiger partial charge on any atom is -0.392 e. The van der Waals surface area contributed by atoms with Gasteiger partial charge >= 0.3 is 0 Å². The maximum Gasteiger partial charge on any atom is 0.191 e. The fraction of sp³-hybridized carbons (Fsp3) is 0.316. The van der Waals surface area contributed by atoms with Gasteiger partial charge in [-0.1, -0.05) is 24.3 Å². The van der Waals surface area contributed by atoms with Gasteiger partial charge in [-0.05, 0) is 36.8 Å². The first-order chi connectivity index (χ1) is 12.2. The molecule has 0 amide bonds. The summed E-state index contributed by atoms with van der Waals surface area (Å²) in [6, 6.07) is 15.0. The Morgan fingerprint density at radius 1 is 1.16 bits per heavy atom. The summed E-state index contributed by atoms with van der Waals surface area (Å²) in [6.45, 7) is 3.68. The second kappa shape index (κ2) is 10.7. The molecule has 25 heavy (non-hydrogen) atoms. The third-order valence-electron chi connectivity index (χ3n) is 3.45. The molecule has 2 aromatic carbocycles. The van der Waals surface area contributed by atoms with Crippen LogP contribution in [0.2, 0.25) is 0 Å². The number of benzene rings is 2. The number of thioether (sulfide) groups is 1. The van der Waals surface area contributed by atoms with E-state index in [0.29, 0.717) is 12.1 Å². The van der Waals surface area contributed by atoms with E-state index in [1.54, 1.807) is 23.9 Å². The molecule has 134 valence electrons. The number of aliphatic hydroxyl groups is 1. The van der Waals surface area contributed by atoms with Gasteiger partial charge < -0.3 is 15.7 Å². The lowest BCUT2D eigenvalue weighted by molar-refractivity contribution is 0.275. The summed E-state index contributed by atoms with van der Waals surface area (Å²) in [5, 5.41) is 15.6. The summed E-state index contributed by atoms with van der Waals surface area (Å²) in [5.41, 5.74) is 1.16. The minimum atomic E-state index is -0.391. The maximum absolute atomic E-state index is 13.4. The normalized spacial score (nSPS) is 11.4. The van der Waals surface area contributed by atoms with Gasteiger partial charge in [0.05, 0.1) is 13.2 Å². The molecule has 0 aliphatic heterocycles. The summed E-state index contributed by atoms with van der Waals surface area (Å²) < 4.78 is 13.4. The number of hydrogen-bond acceptors (Lipinski definition) is 3. The zero-order chi connectivity index (χ0) is 17.9. The molecule has 0 aliphatic carbocycles. The van der Waals surface area contributed by atoms with Crippen LogP contribution in [0.25, 0.3) is 0 Å². The largest absolute Gasteiger partial charge is 0.392 e. The molecular weight excluding hydrogens is 337 g/mol. The van der Waals surface area contributed by atoms with E-state index in [1.165, 1.54) is 11.0 Å². The number of guanidine groups is 1. The highest BCUT2D eigenvalue weighted by molar-refractivity contribution is 7.99. The third kappa shape index (κ3) is 6.76. The lowest BCUT2D eigenvalue weighted by Gasteiger charge is -2.11. The van der Waals surface area contributed by atoms with Gasteiger partial charge in [0, 0.05) is 29.3 Å². The van der Waals surface area contributed by atoms with Crippen molar-refractivity contribution in [3.8, 4) is 0 Å². The molecule has 0 heterocycles. The average Bonchev–Trinajstić information content (AvgIpc) is 2.65. The van der Waals surface area contributed by atoms with E-state index in [4.69, 9.17) is 5.11 Å². The molecule has 4 nitrogen and oxygen atoms in total. The molecule has 0 aromatic heterocycles. The molecule has 0 radical (unpaired) electrons. The number of halogens is 1. The van der Waals surface area contributed by atoms with Crippen LogP contribution in [0.3, 0.4) is 0 Å². The highest BCUT2D eigenvalue weighted by atomic mass is 32.2. The summed E-state index contributed by atoms with van der Waals surface area (Å²) >= 11 is 1.79. The number of aliphatic hydroxyl groups excluding tert-OH is 1. The lowest BCUT2D eigenvalue weighted by Crippen LogP contribution is -2.38. The highest BCUT2D eigenvalue weighted by Crippen LogP contribution is 2.15. The Kier molecular flexibility index (Phi) is 8.28.